The van der Waals surface area contributed by atoms with E-state index >= 15 is 0 Å². The molecule has 0 spiro atoms. The van der Waals surface area contributed by atoms with Gasteiger partial charge in [-0.3, -0.25) is 4.79 Å². The summed E-state index contributed by atoms with van der Waals surface area (Å²) in [5.41, 5.74) is 0. The topological polar surface area (TPSA) is 47.6 Å². The molecule has 19 heavy (non-hydrogen) atoms. The summed E-state index contributed by atoms with van der Waals surface area (Å²) in [5, 5.41) is 3.14. The minimum atomic E-state index is -0.329. The number of likely N-dealkylation sites (N-methyl/N-ethyl adjacent to an activating group) is 1. The second-order valence-corrected chi connectivity index (χ2v) is 5.19. The van der Waals surface area contributed by atoms with Crippen LogP contribution in [0.5, 0.6) is 0 Å². The molecule has 0 aromatic heterocycles. The molecule has 0 saturated heterocycles. The smallest absolute Gasteiger partial charge is 0.325 e. The molecular weight excluding hydrogens is 242 g/mol. The molecule has 1 saturated carbocycles. The van der Waals surface area contributed by atoms with E-state index < -0.39 is 0 Å². The molecule has 3 atom stereocenters. The van der Waals surface area contributed by atoms with Gasteiger partial charge >= 0.3 is 5.97 Å². The zero-order valence-corrected chi connectivity index (χ0v) is 12.6. The first kappa shape index (κ1) is 16.4. The van der Waals surface area contributed by atoms with Crippen LogP contribution in [0.3, 0.4) is 0 Å². The normalized spacial score (nSPS) is 25.0. The van der Waals surface area contributed by atoms with Gasteiger partial charge in [-0.2, -0.15) is 0 Å². The number of carbonyl (C=O) groups excluding carboxylic acids is 1. The van der Waals surface area contributed by atoms with Crippen molar-refractivity contribution in [2.75, 3.05) is 19.8 Å². The number of carbonyl (C=O) groups is 1. The second kappa shape index (κ2) is 9.32. The van der Waals surface area contributed by atoms with Crippen LogP contribution in [0.1, 0.15) is 52.9 Å². The molecule has 0 bridgehead atoms. The number of hydrogen-bond acceptors (Lipinski definition) is 4. The number of rotatable bonds is 8. The van der Waals surface area contributed by atoms with E-state index in [0.717, 1.165) is 19.4 Å². The van der Waals surface area contributed by atoms with E-state index in [1.165, 1.54) is 19.3 Å². The summed E-state index contributed by atoms with van der Waals surface area (Å²) in [7, 11) is 0. The van der Waals surface area contributed by atoms with E-state index in [-0.39, 0.29) is 12.0 Å². The number of esters is 1. The summed E-state index contributed by atoms with van der Waals surface area (Å²) >= 11 is 0. The van der Waals surface area contributed by atoms with Crippen LogP contribution in [0.2, 0.25) is 0 Å². The van der Waals surface area contributed by atoms with Gasteiger partial charge in [-0.25, -0.2) is 0 Å². The maximum atomic E-state index is 11.8. The van der Waals surface area contributed by atoms with Gasteiger partial charge in [-0.15, -0.1) is 0 Å². The zero-order valence-electron chi connectivity index (χ0n) is 12.6. The first-order chi connectivity index (χ1) is 9.22. The average Bonchev–Trinajstić information content (AvgIpc) is 2.44. The van der Waals surface area contributed by atoms with Gasteiger partial charge in [0, 0.05) is 0 Å². The van der Waals surface area contributed by atoms with E-state index in [4.69, 9.17) is 9.47 Å². The molecule has 0 aromatic rings. The number of hydrogen-bond donors (Lipinski definition) is 1. The van der Waals surface area contributed by atoms with E-state index in [1.54, 1.807) is 0 Å². The quantitative estimate of drug-likeness (QED) is 0.689. The van der Waals surface area contributed by atoms with E-state index in [0.29, 0.717) is 25.2 Å². The third-order valence-electron chi connectivity index (χ3n) is 3.86. The predicted molar refractivity (Wildman–Crippen MR) is 76.1 cm³/mol. The first-order valence-electron chi connectivity index (χ1n) is 7.74. The maximum Gasteiger partial charge on any atom is 0.325 e. The van der Waals surface area contributed by atoms with Crippen molar-refractivity contribution in [3.63, 3.8) is 0 Å². The van der Waals surface area contributed by atoms with Crippen LogP contribution in [0.4, 0.5) is 0 Å². The predicted octanol–water partition coefficient (Wildman–Crippen LogP) is 2.51. The summed E-state index contributed by atoms with van der Waals surface area (Å²) in [5.74, 6) is 0.450. The molecule has 3 unspecified atom stereocenters. The Hall–Kier alpha value is -0.610. The van der Waals surface area contributed by atoms with Crippen LogP contribution in [0.15, 0.2) is 0 Å². The Labute approximate surface area is 117 Å². The Bertz CT molecular complexity index is 258. The molecule has 1 rings (SSSR count). The fourth-order valence-electron chi connectivity index (χ4n) is 2.78. The van der Waals surface area contributed by atoms with Gasteiger partial charge in [0.2, 0.25) is 0 Å². The number of ether oxygens (including phenoxy) is 2. The van der Waals surface area contributed by atoms with Gasteiger partial charge in [0.05, 0.1) is 19.3 Å². The molecule has 1 N–H and O–H groups in total. The van der Waals surface area contributed by atoms with Crippen LogP contribution in [-0.2, 0) is 14.3 Å². The molecule has 0 aliphatic heterocycles. The van der Waals surface area contributed by atoms with Crippen molar-refractivity contribution in [1.82, 2.24) is 5.32 Å². The lowest BCUT2D eigenvalue weighted by molar-refractivity contribution is -0.148. The lowest BCUT2D eigenvalue weighted by atomic mass is 9.85. The van der Waals surface area contributed by atoms with Crippen molar-refractivity contribution in [2.24, 2.45) is 5.92 Å². The summed E-state index contributed by atoms with van der Waals surface area (Å²) < 4.78 is 11.1. The van der Waals surface area contributed by atoms with Crippen LogP contribution >= 0.6 is 0 Å². The van der Waals surface area contributed by atoms with Crippen molar-refractivity contribution in [3.05, 3.63) is 0 Å². The third-order valence-corrected chi connectivity index (χ3v) is 3.86. The molecule has 0 radical (unpaired) electrons. The Morgan fingerprint density at radius 3 is 2.63 bits per heavy atom. The lowest BCUT2D eigenvalue weighted by Crippen LogP contribution is -2.43. The van der Waals surface area contributed by atoms with Crippen molar-refractivity contribution >= 4 is 5.97 Å². The summed E-state index contributed by atoms with van der Waals surface area (Å²) in [6.45, 7) is 7.63. The Balaban J connectivity index is 2.43. The van der Waals surface area contributed by atoms with Crippen LogP contribution in [-0.4, -0.2) is 37.9 Å². The highest BCUT2D eigenvalue weighted by molar-refractivity contribution is 5.75. The van der Waals surface area contributed by atoms with E-state index in [2.05, 4.69) is 12.2 Å². The minimum absolute atomic E-state index is 0.201. The van der Waals surface area contributed by atoms with Gasteiger partial charge in [0.15, 0.2) is 0 Å². The molecule has 112 valence electrons. The SMILES string of the molecule is CCNC(COC1CCCCC1CC)C(=O)OCC. The lowest BCUT2D eigenvalue weighted by Gasteiger charge is -2.31. The van der Waals surface area contributed by atoms with Gasteiger partial charge < -0.3 is 14.8 Å². The Morgan fingerprint density at radius 1 is 1.26 bits per heavy atom. The third kappa shape index (κ3) is 5.49. The van der Waals surface area contributed by atoms with Crippen molar-refractivity contribution in [3.8, 4) is 0 Å². The van der Waals surface area contributed by atoms with E-state index in [1.807, 2.05) is 13.8 Å². The molecular formula is C15H29NO3. The molecule has 1 aliphatic rings. The fraction of sp³-hybridized carbons (Fsp3) is 0.933. The van der Waals surface area contributed by atoms with Gasteiger partial charge in [0.25, 0.3) is 0 Å². The van der Waals surface area contributed by atoms with Crippen molar-refractivity contribution in [2.45, 2.75) is 65.0 Å². The van der Waals surface area contributed by atoms with Gasteiger partial charge in [0.1, 0.15) is 6.04 Å². The highest BCUT2D eigenvalue weighted by atomic mass is 16.5. The van der Waals surface area contributed by atoms with Crippen molar-refractivity contribution < 1.29 is 14.3 Å². The monoisotopic (exact) mass is 271 g/mol. The summed E-state index contributed by atoms with van der Waals surface area (Å²) in [6.07, 6.45) is 6.41. The minimum Gasteiger partial charge on any atom is -0.465 e. The average molecular weight is 271 g/mol. The maximum absolute atomic E-state index is 11.8. The molecule has 0 amide bonds. The van der Waals surface area contributed by atoms with Gasteiger partial charge in [-0.05, 0) is 32.2 Å². The largest absolute Gasteiger partial charge is 0.465 e. The molecule has 4 heteroatoms. The highest BCUT2D eigenvalue weighted by Gasteiger charge is 2.27. The molecule has 0 aromatic carbocycles. The second-order valence-electron chi connectivity index (χ2n) is 5.19. The molecule has 1 fully saturated rings. The van der Waals surface area contributed by atoms with Crippen LogP contribution in [0, 0.1) is 5.92 Å². The summed E-state index contributed by atoms with van der Waals surface area (Å²) in [6, 6.07) is -0.329. The summed E-state index contributed by atoms with van der Waals surface area (Å²) in [4.78, 5) is 11.8. The Morgan fingerprint density at radius 2 is 2.00 bits per heavy atom. The fourth-order valence-corrected chi connectivity index (χ4v) is 2.78. The molecule has 1 aliphatic carbocycles. The van der Waals surface area contributed by atoms with Crippen molar-refractivity contribution in [1.29, 1.82) is 0 Å². The number of nitrogens with one attached hydrogen (secondary N) is 1. The van der Waals surface area contributed by atoms with Crippen LogP contribution in [0.25, 0.3) is 0 Å². The highest BCUT2D eigenvalue weighted by Crippen LogP contribution is 2.29. The zero-order chi connectivity index (χ0) is 14.1. The first-order valence-corrected chi connectivity index (χ1v) is 7.74. The standard InChI is InChI=1S/C15H29NO3/c1-4-12-9-7-8-10-14(12)19-11-13(16-5-2)15(17)18-6-3/h12-14,16H,4-11H2,1-3H3. The molecule has 4 nitrogen and oxygen atoms in total. The molecule has 0 heterocycles. The van der Waals surface area contributed by atoms with E-state index in [9.17, 15) is 4.79 Å². The van der Waals surface area contributed by atoms with Gasteiger partial charge in [-0.1, -0.05) is 33.1 Å². The Kier molecular flexibility index (Phi) is 8.07. The van der Waals surface area contributed by atoms with Crippen LogP contribution < -0.4 is 5.32 Å².